The smallest absolute Gasteiger partial charge is 0.348 e. The van der Waals surface area contributed by atoms with Crippen molar-refractivity contribution in [2.45, 2.75) is 26.4 Å². The Morgan fingerprint density at radius 3 is 2.52 bits per heavy atom. The largest absolute Gasteiger partial charge is 0.497 e. The molecule has 142 valence electrons. The molecule has 0 unspecified atom stereocenters. The third kappa shape index (κ3) is 5.21. The first-order valence-corrected chi connectivity index (χ1v) is 9.08. The van der Waals surface area contributed by atoms with Crippen LogP contribution in [-0.4, -0.2) is 25.7 Å². The summed E-state index contributed by atoms with van der Waals surface area (Å²) in [6, 6.07) is 9.33. The maximum atomic E-state index is 12.1. The van der Waals surface area contributed by atoms with E-state index in [1.54, 1.807) is 14.0 Å². The van der Waals surface area contributed by atoms with Crippen LogP contribution < -0.4 is 10.5 Å². The van der Waals surface area contributed by atoms with Crippen LogP contribution in [0.4, 0.5) is 5.00 Å². The number of nitrogens with zero attached hydrogens (tertiary/aromatic N) is 1. The predicted octanol–water partition coefficient (Wildman–Crippen LogP) is 3.06. The summed E-state index contributed by atoms with van der Waals surface area (Å²) in [4.78, 5) is 24.3. The van der Waals surface area contributed by atoms with Crippen molar-refractivity contribution < 1.29 is 23.8 Å². The van der Waals surface area contributed by atoms with Crippen molar-refractivity contribution in [1.82, 2.24) is 0 Å². The van der Waals surface area contributed by atoms with Gasteiger partial charge < -0.3 is 19.9 Å². The van der Waals surface area contributed by atoms with Gasteiger partial charge in [-0.3, -0.25) is 4.79 Å². The number of aryl methyl sites for hydroxylation is 1. The summed E-state index contributed by atoms with van der Waals surface area (Å²) >= 11 is 0.957. The van der Waals surface area contributed by atoms with Gasteiger partial charge in [0.25, 0.3) is 0 Å². The van der Waals surface area contributed by atoms with Gasteiger partial charge in [-0.1, -0.05) is 12.1 Å². The fraction of sp³-hybridized carbons (Fsp3) is 0.316. The highest BCUT2D eigenvalue weighted by atomic mass is 32.1. The fourth-order valence-electron chi connectivity index (χ4n) is 2.37. The number of carbonyl (C=O) groups excluding carboxylic acids is 2. The number of carbonyl (C=O) groups is 2. The Hall–Kier alpha value is -3.05. The summed E-state index contributed by atoms with van der Waals surface area (Å²) in [5, 5.41) is 9.46. The number of benzene rings is 1. The molecule has 2 rings (SSSR count). The van der Waals surface area contributed by atoms with Gasteiger partial charge >= 0.3 is 11.9 Å². The zero-order valence-electron chi connectivity index (χ0n) is 15.1. The molecule has 1 heterocycles. The van der Waals surface area contributed by atoms with Crippen LogP contribution in [0.2, 0.25) is 0 Å². The van der Waals surface area contributed by atoms with Gasteiger partial charge in [0.05, 0.1) is 19.3 Å². The number of hydrogen-bond acceptors (Lipinski definition) is 8. The van der Waals surface area contributed by atoms with E-state index in [2.05, 4.69) is 0 Å². The van der Waals surface area contributed by atoms with E-state index in [4.69, 9.17) is 19.9 Å². The summed E-state index contributed by atoms with van der Waals surface area (Å²) in [6.07, 6.45) is 0.674. The standard InChI is InChI=1S/C19H20N2O5S/c1-3-25-19(23)17-15(14(10-20)18(21)27-17)11-26-16(22)9-6-12-4-7-13(24-2)8-5-12/h4-5,7-8H,3,6,9,11,21H2,1-2H3. The topological polar surface area (TPSA) is 112 Å². The number of anilines is 1. The van der Waals surface area contributed by atoms with Crippen molar-refractivity contribution >= 4 is 28.3 Å². The number of ether oxygens (including phenoxy) is 3. The molecule has 0 aliphatic heterocycles. The van der Waals surface area contributed by atoms with E-state index in [0.29, 0.717) is 6.42 Å². The Morgan fingerprint density at radius 1 is 1.22 bits per heavy atom. The molecule has 0 radical (unpaired) electrons. The molecule has 0 saturated carbocycles. The molecule has 2 aromatic rings. The highest BCUT2D eigenvalue weighted by Gasteiger charge is 2.23. The van der Waals surface area contributed by atoms with Gasteiger partial charge in [-0.25, -0.2) is 4.79 Å². The molecular weight excluding hydrogens is 368 g/mol. The monoisotopic (exact) mass is 388 g/mol. The zero-order valence-corrected chi connectivity index (χ0v) is 15.9. The average molecular weight is 388 g/mol. The highest BCUT2D eigenvalue weighted by molar-refractivity contribution is 7.18. The van der Waals surface area contributed by atoms with E-state index in [1.807, 2.05) is 30.3 Å². The summed E-state index contributed by atoms with van der Waals surface area (Å²) in [5.74, 6) is -0.277. The van der Waals surface area contributed by atoms with Gasteiger partial charge in [0, 0.05) is 12.0 Å². The quantitative estimate of drug-likeness (QED) is 0.692. The second-order valence-corrected chi connectivity index (χ2v) is 6.54. The van der Waals surface area contributed by atoms with Crippen LogP contribution in [0.25, 0.3) is 0 Å². The third-order valence-corrected chi connectivity index (χ3v) is 4.80. The molecular formula is C19H20N2O5S. The minimum absolute atomic E-state index is 0.144. The minimum Gasteiger partial charge on any atom is -0.497 e. The maximum absolute atomic E-state index is 12.1. The molecule has 0 saturated heterocycles. The van der Waals surface area contributed by atoms with E-state index in [9.17, 15) is 14.9 Å². The van der Waals surface area contributed by atoms with E-state index in [-0.39, 0.29) is 40.6 Å². The van der Waals surface area contributed by atoms with Crippen LogP contribution >= 0.6 is 11.3 Å². The average Bonchev–Trinajstić information content (AvgIpc) is 3.00. The molecule has 8 heteroatoms. The van der Waals surface area contributed by atoms with Crippen LogP contribution in [0, 0.1) is 11.3 Å². The molecule has 0 amide bonds. The molecule has 0 atom stereocenters. The number of rotatable bonds is 8. The number of esters is 2. The lowest BCUT2D eigenvalue weighted by molar-refractivity contribution is -0.144. The summed E-state index contributed by atoms with van der Waals surface area (Å²) in [6.45, 7) is 1.67. The molecule has 0 spiro atoms. The minimum atomic E-state index is -0.583. The summed E-state index contributed by atoms with van der Waals surface area (Å²) < 4.78 is 15.3. The number of nitriles is 1. The second-order valence-electron chi connectivity index (χ2n) is 5.49. The lowest BCUT2D eigenvalue weighted by Gasteiger charge is -2.07. The van der Waals surface area contributed by atoms with Gasteiger partial charge in [-0.05, 0) is 31.0 Å². The van der Waals surface area contributed by atoms with E-state index >= 15 is 0 Å². The normalized spacial score (nSPS) is 10.1. The maximum Gasteiger partial charge on any atom is 0.348 e. The molecule has 27 heavy (non-hydrogen) atoms. The predicted molar refractivity (Wildman–Crippen MR) is 101 cm³/mol. The van der Waals surface area contributed by atoms with Crippen molar-refractivity contribution in [1.29, 1.82) is 5.26 Å². The summed E-state index contributed by atoms with van der Waals surface area (Å²) in [7, 11) is 1.59. The molecule has 1 aromatic carbocycles. The third-order valence-electron chi connectivity index (χ3n) is 3.76. The SMILES string of the molecule is CCOC(=O)c1sc(N)c(C#N)c1COC(=O)CCc1ccc(OC)cc1. The summed E-state index contributed by atoms with van der Waals surface area (Å²) in [5.41, 5.74) is 7.19. The number of thiophene rings is 1. The van der Waals surface area contributed by atoms with Crippen molar-refractivity contribution in [3.63, 3.8) is 0 Å². The fourth-order valence-corrected chi connectivity index (χ4v) is 3.29. The first-order valence-electron chi connectivity index (χ1n) is 8.27. The molecule has 7 nitrogen and oxygen atoms in total. The van der Waals surface area contributed by atoms with Crippen LogP contribution in [0.1, 0.15) is 39.7 Å². The highest BCUT2D eigenvalue weighted by Crippen LogP contribution is 2.32. The second kappa shape index (κ2) is 9.59. The van der Waals surface area contributed by atoms with Gasteiger partial charge in [-0.2, -0.15) is 5.26 Å². The van der Waals surface area contributed by atoms with Crippen molar-refractivity contribution in [2.24, 2.45) is 0 Å². The zero-order chi connectivity index (χ0) is 19.8. The number of nitrogens with two attached hydrogens (primary N) is 1. The molecule has 0 aliphatic rings. The van der Waals surface area contributed by atoms with Gasteiger partial charge in [0.2, 0.25) is 0 Å². The van der Waals surface area contributed by atoms with Crippen LogP contribution in [0.3, 0.4) is 0 Å². The van der Waals surface area contributed by atoms with E-state index in [1.165, 1.54) is 0 Å². The lowest BCUT2D eigenvalue weighted by Crippen LogP contribution is -2.10. The lowest BCUT2D eigenvalue weighted by atomic mass is 10.1. The molecule has 1 aromatic heterocycles. The Balaban J connectivity index is 1.99. The van der Waals surface area contributed by atoms with Crippen molar-refractivity contribution in [3.8, 4) is 11.8 Å². The van der Waals surface area contributed by atoms with Crippen LogP contribution in [0.5, 0.6) is 5.75 Å². The number of nitrogen functional groups attached to an aromatic ring is 1. The van der Waals surface area contributed by atoms with Crippen LogP contribution in [0.15, 0.2) is 24.3 Å². The van der Waals surface area contributed by atoms with Crippen molar-refractivity contribution in [3.05, 3.63) is 45.8 Å². The van der Waals surface area contributed by atoms with Gasteiger partial charge in [0.15, 0.2) is 0 Å². The Labute approximate surface area is 161 Å². The van der Waals surface area contributed by atoms with E-state index < -0.39 is 11.9 Å². The van der Waals surface area contributed by atoms with Gasteiger partial charge in [-0.15, -0.1) is 11.3 Å². The van der Waals surface area contributed by atoms with E-state index in [0.717, 1.165) is 22.6 Å². The first-order chi connectivity index (χ1) is 13.0. The molecule has 2 N–H and O–H groups in total. The number of methoxy groups -OCH3 is 1. The van der Waals surface area contributed by atoms with Gasteiger partial charge in [0.1, 0.15) is 28.3 Å². The molecule has 0 fully saturated rings. The Kier molecular flexibility index (Phi) is 7.20. The Bertz CT molecular complexity index is 852. The number of hydrogen-bond donors (Lipinski definition) is 1. The Morgan fingerprint density at radius 2 is 1.93 bits per heavy atom. The van der Waals surface area contributed by atoms with Crippen molar-refractivity contribution in [2.75, 3.05) is 19.5 Å². The molecule has 0 aliphatic carbocycles. The van der Waals surface area contributed by atoms with Crippen LogP contribution in [-0.2, 0) is 27.3 Å². The molecule has 0 bridgehead atoms. The first kappa shape index (κ1) is 20.3.